The van der Waals surface area contributed by atoms with Gasteiger partial charge in [-0.3, -0.25) is 0 Å². The molecule has 84 valence electrons. The summed E-state index contributed by atoms with van der Waals surface area (Å²) in [5.74, 6) is 1.15. The summed E-state index contributed by atoms with van der Waals surface area (Å²) >= 11 is 0. The Bertz CT molecular complexity index is 281. The summed E-state index contributed by atoms with van der Waals surface area (Å²) in [6.07, 6.45) is 4.67. The molecule has 0 saturated carbocycles. The number of hydrogen-bond acceptors (Lipinski definition) is 4. The van der Waals surface area contributed by atoms with E-state index >= 15 is 0 Å². The van der Waals surface area contributed by atoms with Crippen LogP contribution in [-0.2, 0) is 0 Å². The summed E-state index contributed by atoms with van der Waals surface area (Å²) in [7, 11) is 0. The van der Waals surface area contributed by atoms with Crippen molar-refractivity contribution in [2.45, 2.75) is 39.2 Å². The molecule has 4 nitrogen and oxygen atoms in total. The third kappa shape index (κ3) is 3.83. The summed E-state index contributed by atoms with van der Waals surface area (Å²) < 4.78 is 0. The van der Waals surface area contributed by atoms with Gasteiger partial charge in [-0.1, -0.05) is 13.8 Å². The molecule has 1 aromatic heterocycles. The Morgan fingerprint density at radius 1 is 1.27 bits per heavy atom. The lowest BCUT2D eigenvalue weighted by molar-refractivity contribution is 0.708. The van der Waals surface area contributed by atoms with Gasteiger partial charge in [0.05, 0.1) is 0 Å². The Balaban J connectivity index is 2.56. The van der Waals surface area contributed by atoms with Gasteiger partial charge < -0.3 is 11.1 Å². The minimum Gasteiger partial charge on any atom is -0.352 e. The Hall–Kier alpha value is -1.16. The number of nitrogens with zero attached hydrogens (tertiary/aromatic N) is 2. The van der Waals surface area contributed by atoms with Gasteiger partial charge in [0.15, 0.2) is 0 Å². The smallest absolute Gasteiger partial charge is 0.222 e. The fourth-order valence-electron chi connectivity index (χ4n) is 1.25. The minimum absolute atomic E-state index is 0.319. The van der Waals surface area contributed by atoms with Gasteiger partial charge in [0.2, 0.25) is 5.95 Å². The molecule has 1 heterocycles. The second kappa shape index (κ2) is 5.66. The predicted octanol–water partition coefficient (Wildman–Crippen LogP) is 1.75. The quantitative estimate of drug-likeness (QED) is 0.773. The SMILES string of the molecule is CC(CCN)Nc1ncc(C(C)C)cn1. The van der Waals surface area contributed by atoms with Crippen LogP contribution in [0.25, 0.3) is 0 Å². The second-order valence-electron chi connectivity index (χ2n) is 4.12. The molecule has 0 aromatic carbocycles. The van der Waals surface area contributed by atoms with Crippen LogP contribution in [0, 0.1) is 0 Å². The molecule has 1 rings (SSSR count). The van der Waals surface area contributed by atoms with Crippen molar-refractivity contribution in [1.82, 2.24) is 9.97 Å². The number of nitrogens with two attached hydrogens (primary N) is 1. The zero-order chi connectivity index (χ0) is 11.3. The van der Waals surface area contributed by atoms with Crippen molar-refractivity contribution in [3.8, 4) is 0 Å². The van der Waals surface area contributed by atoms with E-state index in [2.05, 4.69) is 36.1 Å². The lowest BCUT2D eigenvalue weighted by Crippen LogP contribution is -2.20. The fraction of sp³-hybridized carbons (Fsp3) is 0.636. The number of nitrogens with one attached hydrogen (secondary N) is 1. The number of aromatic nitrogens is 2. The predicted molar refractivity (Wildman–Crippen MR) is 62.9 cm³/mol. The molecule has 15 heavy (non-hydrogen) atoms. The van der Waals surface area contributed by atoms with Gasteiger partial charge in [-0.25, -0.2) is 9.97 Å². The molecule has 0 saturated heterocycles. The van der Waals surface area contributed by atoms with Crippen molar-refractivity contribution < 1.29 is 0 Å². The highest BCUT2D eigenvalue weighted by Gasteiger charge is 2.04. The zero-order valence-corrected chi connectivity index (χ0v) is 9.70. The molecule has 0 bridgehead atoms. The van der Waals surface area contributed by atoms with Crippen molar-refractivity contribution in [1.29, 1.82) is 0 Å². The van der Waals surface area contributed by atoms with Gasteiger partial charge in [-0.05, 0) is 31.4 Å². The third-order valence-electron chi connectivity index (χ3n) is 2.31. The molecule has 1 aromatic rings. The van der Waals surface area contributed by atoms with Crippen molar-refractivity contribution in [2.75, 3.05) is 11.9 Å². The van der Waals surface area contributed by atoms with Gasteiger partial charge in [-0.15, -0.1) is 0 Å². The molecule has 1 unspecified atom stereocenters. The van der Waals surface area contributed by atoms with Crippen LogP contribution >= 0.6 is 0 Å². The molecule has 0 aliphatic heterocycles. The average molecular weight is 208 g/mol. The first-order valence-electron chi connectivity index (χ1n) is 5.42. The van der Waals surface area contributed by atoms with Gasteiger partial charge in [0.1, 0.15) is 0 Å². The lowest BCUT2D eigenvalue weighted by Gasteiger charge is -2.12. The summed E-state index contributed by atoms with van der Waals surface area (Å²) in [5, 5.41) is 3.21. The van der Waals surface area contributed by atoms with Crippen LogP contribution in [0.4, 0.5) is 5.95 Å². The first-order valence-corrected chi connectivity index (χ1v) is 5.42. The number of anilines is 1. The Labute approximate surface area is 91.3 Å². The zero-order valence-electron chi connectivity index (χ0n) is 9.70. The van der Waals surface area contributed by atoms with E-state index in [9.17, 15) is 0 Å². The molecule has 4 heteroatoms. The van der Waals surface area contributed by atoms with E-state index in [1.165, 1.54) is 0 Å². The number of hydrogen-bond donors (Lipinski definition) is 2. The number of rotatable bonds is 5. The summed E-state index contributed by atoms with van der Waals surface area (Å²) in [6.45, 7) is 7.01. The summed E-state index contributed by atoms with van der Waals surface area (Å²) in [6, 6.07) is 0.319. The maximum Gasteiger partial charge on any atom is 0.222 e. The van der Waals surface area contributed by atoms with Crippen LogP contribution in [0.3, 0.4) is 0 Å². The van der Waals surface area contributed by atoms with Crippen LogP contribution in [-0.4, -0.2) is 22.6 Å². The van der Waals surface area contributed by atoms with Crippen LogP contribution in [0.5, 0.6) is 0 Å². The van der Waals surface area contributed by atoms with E-state index in [1.54, 1.807) is 0 Å². The van der Waals surface area contributed by atoms with Gasteiger partial charge in [-0.2, -0.15) is 0 Å². The molecule has 0 fully saturated rings. The van der Waals surface area contributed by atoms with E-state index in [-0.39, 0.29) is 0 Å². The van der Waals surface area contributed by atoms with Crippen LogP contribution < -0.4 is 11.1 Å². The van der Waals surface area contributed by atoms with Crippen molar-refractivity contribution >= 4 is 5.95 Å². The maximum atomic E-state index is 5.47. The largest absolute Gasteiger partial charge is 0.352 e. The van der Waals surface area contributed by atoms with Crippen LogP contribution in [0.15, 0.2) is 12.4 Å². The molecular formula is C11H20N4. The molecular weight excluding hydrogens is 188 g/mol. The molecule has 0 amide bonds. The summed E-state index contributed by atoms with van der Waals surface area (Å²) in [5.41, 5.74) is 6.63. The van der Waals surface area contributed by atoms with Crippen LogP contribution in [0.2, 0.25) is 0 Å². The first kappa shape index (κ1) is 11.9. The highest BCUT2D eigenvalue weighted by molar-refractivity contribution is 5.26. The molecule has 1 atom stereocenters. The van der Waals surface area contributed by atoms with Crippen molar-refractivity contribution in [2.24, 2.45) is 5.73 Å². The maximum absolute atomic E-state index is 5.47. The first-order chi connectivity index (χ1) is 7.13. The van der Waals surface area contributed by atoms with E-state index in [1.807, 2.05) is 12.4 Å². The average Bonchev–Trinajstić information content (AvgIpc) is 2.18. The standard InChI is InChI=1S/C11H20N4/c1-8(2)10-6-13-11(14-7-10)15-9(3)4-5-12/h6-9H,4-5,12H2,1-3H3,(H,13,14,15). The highest BCUT2D eigenvalue weighted by Crippen LogP contribution is 2.12. The van der Waals surface area contributed by atoms with E-state index in [0.717, 1.165) is 12.0 Å². The Morgan fingerprint density at radius 3 is 2.33 bits per heavy atom. The Kier molecular flexibility index (Phi) is 4.49. The fourth-order valence-corrected chi connectivity index (χ4v) is 1.25. The van der Waals surface area contributed by atoms with Gasteiger partial charge in [0, 0.05) is 18.4 Å². The van der Waals surface area contributed by atoms with E-state index < -0.39 is 0 Å². The summed E-state index contributed by atoms with van der Waals surface area (Å²) in [4.78, 5) is 8.52. The second-order valence-corrected chi connectivity index (χ2v) is 4.12. The molecule has 0 radical (unpaired) electrons. The van der Waals surface area contributed by atoms with E-state index in [0.29, 0.717) is 24.5 Å². The molecule has 3 N–H and O–H groups in total. The van der Waals surface area contributed by atoms with Crippen molar-refractivity contribution in [3.63, 3.8) is 0 Å². The topological polar surface area (TPSA) is 63.8 Å². The molecule has 0 aliphatic rings. The monoisotopic (exact) mass is 208 g/mol. The lowest BCUT2D eigenvalue weighted by atomic mass is 10.1. The normalized spacial score (nSPS) is 12.9. The molecule has 0 spiro atoms. The van der Waals surface area contributed by atoms with Gasteiger partial charge >= 0.3 is 0 Å². The van der Waals surface area contributed by atoms with Crippen LogP contribution in [0.1, 0.15) is 38.7 Å². The molecule has 0 aliphatic carbocycles. The van der Waals surface area contributed by atoms with Gasteiger partial charge in [0.25, 0.3) is 0 Å². The third-order valence-corrected chi connectivity index (χ3v) is 2.31. The van der Waals surface area contributed by atoms with Crippen molar-refractivity contribution in [3.05, 3.63) is 18.0 Å². The van der Waals surface area contributed by atoms with E-state index in [4.69, 9.17) is 5.73 Å². The minimum atomic E-state index is 0.319. The highest BCUT2D eigenvalue weighted by atomic mass is 15.1. The Morgan fingerprint density at radius 2 is 1.87 bits per heavy atom.